The molecule has 0 saturated carbocycles. The molecule has 188 valence electrons. The molecule has 1 amide bonds. The van der Waals surface area contributed by atoms with Crippen molar-refractivity contribution in [1.82, 2.24) is 20.1 Å². The van der Waals surface area contributed by atoms with Crippen LogP contribution in [0.4, 0.5) is 10.6 Å². The average molecular weight is 510 g/mol. The monoisotopic (exact) mass is 509 g/mol. The highest BCUT2D eigenvalue weighted by molar-refractivity contribution is 6.74. The van der Waals surface area contributed by atoms with Gasteiger partial charge in [-0.15, -0.1) is 10.2 Å². The van der Waals surface area contributed by atoms with Crippen molar-refractivity contribution in [2.45, 2.75) is 72.3 Å². The molecule has 0 aromatic carbocycles. The topological polar surface area (TPSA) is 105 Å². The molecule has 11 heteroatoms. The SMILES string of the molecule is CC(C)(C)C1CN(c2ncc(-c3nnc(CO[Si](C)(C)C(C)(C)C)o3)cc2Cl)CCN1C(=O)O. The molecule has 1 aliphatic heterocycles. The van der Waals surface area contributed by atoms with Crippen LogP contribution in [0.5, 0.6) is 0 Å². The van der Waals surface area contributed by atoms with E-state index < -0.39 is 14.4 Å². The van der Waals surface area contributed by atoms with Crippen molar-refractivity contribution in [3.63, 3.8) is 0 Å². The van der Waals surface area contributed by atoms with E-state index in [1.54, 1.807) is 12.3 Å². The molecule has 1 unspecified atom stereocenters. The Morgan fingerprint density at radius 2 is 1.91 bits per heavy atom. The van der Waals surface area contributed by atoms with Crippen LogP contribution in [0, 0.1) is 5.41 Å². The molecule has 3 heterocycles. The van der Waals surface area contributed by atoms with Crippen LogP contribution >= 0.6 is 11.6 Å². The maximum atomic E-state index is 11.7. The highest BCUT2D eigenvalue weighted by Gasteiger charge is 2.39. The first kappa shape index (κ1) is 26.4. The summed E-state index contributed by atoms with van der Waals surface area (Å²) >= 11 is 6.61. The van der Waals surface area contributed by atoms with Gasteiger partial charge in [0.05, 0.1) is 16.6 Å². The largest absolute Gasteiger partial charge is 0.465 e. The van der Waals surface area contributed by atoms with Crippen LogP contribution in [0.2, 0.25) is 23.2 Å². The smallest absolute Gasteiger partial charge is 0.407 e. The van der Waals surface area contributed by atoms with Crippen LogP contribution in [0.15, 0.2) is 16.7 Å². The summed E-state index contributed by atoms with van der Waals surface area (Å²) in [5, 5.41) is 18.4. The molecular weight excluding hydrogens is 474 g/mol. The standard InChI is InChI=1S/C23H36ClN5O4Si/c1-22(2,3)17-13-28(9-10-29(17)21(30)31)19-16(24)11-15(12-25-19)20-27-26-18(33-20)14-32-34(7,8)23(4,5)6/h11-12,17H,9-10,13-14H2,1-8H3,(H,30,31). The van der Waals surface area contributed by atoms with E-state index in [1.165, 1.54) is 4.90 Å². The van der Waals surface area contributed by atoms with E-state index in [9.17, 15) is 9.90 Å². The van der Waals surface area contributed by atoms with Gasteiger partial charge in [-0.25, -0.2) is 9.78 Å². The zero-order valence-corrected chi connectivity index (χ0v) is 23.1. The summed E-state index contributed by atoms with van der Waals surface area (Å²) in [6, 6.07) is 1.57. The molecular formula is C23H36ClN5O4Si. The number of rotatable bonds is 5. The predicted octanol–water partition coefficient (Wildman–Crippen LogP) is 5.52. The van der Waals surface area contributed by atoms with Gasteiger partial charge in [-0.2, -0.15) is 0 Å². The van der Waals surface area contributed by atoms with Gasteiger partial charge >= 0.3 is 6.09 Å². The van der Waals surface area contributed by atoms with Crippen molar-refractivity contribution < 1.29 is 18.7 Å². The fraction of sp³-hybridized carbons (Fsp3) is 0.652. The fourth-order valence-electron chi connectivity index (χ4n) is 3.61. The van der Waals surface area contributed by atoms with Crippen LogP contribution in [-0.2, 0) is 11.0 Å². The van der Waals surface area contributed by atoms with Crippen molar-refractivity contribution in [3.8, 4) is 11.5 Å². The van der Waals surface area contributed by atoms with Gasteiger partial charge in [-0.05, 0) is 29.6 Å². The molecule has 34 heavy (non-hydrogen) atoms. The van der Waals surface area contributed by atoms with E-state index in [1.807, 2.05) is 25.7 Å². The van der Waals surface area contributed by atoms with E-state index in [2.05, 4.69) is 49.0 Å². The van der Waals surface area contributed by atoms with E-state index in [0.717, 1.165) is 0 Å². The zero-order chi connectivity index (χ0) is 25.5. The quantitative estimate of drug-likeness (QED) is 0.525. The van der Waals surface area contributed by atoms with Crippen molar-refractivity contribution in [2.75, 3.05) is 24.5 Å². The van der Waals surface area contributed by atoms with Gasteiger partial charge in [0.1, 0.15) is 12.4 Å². The summed E-state index contributed by atoms with van der Waals surface area (Å²) in [5.41, 5.74) is 0.396. The van der Waals surface area contributed by atoms with Gasteiger partial charge in [0.2, 0.25) is 11.8 Å². The number of halogens is 1. The summed E-state index contributed by atoms with van der Waals surface area (Å²) in [7, 11) is -1.93. The number of pyridine rings is 1. The second-order valence-electron chi connectivity index (χ2n) is 11.4. The highest BCUT2D eigenvalue weighted by atomic mass is 35.5. The second kappa shape index (κ2) is 9.47. The molecule has 1 atom stereocenters. The Morgan fingerprint density at radius 3 is 2.47 bits per heavy atom. The van der Waals surface area contributed by atoms with Gasteiger partial charge < -0.3 is 23.7 Å². The third-order valence-corrected chi connectivity index (χ3v) is 11.6. The number of hydrogen-bond donors (Lipinski definition) is 1. The molecule has 0 aliphatic carbocycles. The van der Waals surface area contributed by atoms with Crippen molar-refractivity contribution >= 4 is 31.8 Å². The maximum Gasteiger partial charge on any atom is 0.407 e. The lowest BCUT2D eigenvalue weighted by atomic mass is 9.84. The molecule has 0 radical (unpaired) electrons. The van der Waals surface area contributed by atoms with E-state index >= 15 is 0 Å². The number of carboxylic acid groups (broad SMARTS) is 1. The summed E-state index contributed by atoms with van der Waals surface area (Å²) in [4.78, 5) is 19.8. The minimum Gasteiger partial charge on any atom is -0.465 e. The average Bonchev–Trinajstić information content (AvgIpc) is 3.19. The van der Waals surface area contributed by atoms with E-state index in [0.29, 0.717) is 47.8 Å². The molecule has 1 saturated heterocycles. The van der Waals surface area contributed by atoms with Gasteiger partial charge in [-0.3, -0.25) is 0 Å². The zero-order valence-electron chi connectivity index (χ0n) is 21.3. The molecule has 9 nitrogen and oxygen atoms in total. The Balaban J connectivity index is 1.74. The van der Waals surface area contributed by atoms with Crippen molar-refractivity contribution in [2.24, 2.45) is 5.41 Å². The fourth-order valence-corrected chi connectivity index (χ4v) is 4.82. The Bertz CT molecular complexity index is 1030. The van der Waals surface area contributed by atoms with Gasteiger partial charge in [-0.1, -0.05) is 53.1 Å². The molecule has 2 aromatic heterocycles. The Labute approximate surface area is 207 Å². The number of hydrogen-bond acceptors (Lipinski definition) is 7. The number of carbonyl (C=O) groups is 1. The number of aromatic nitrogens is 3. The molecule has 3 rings (SSSR count). The van der Waals surface area contributed by atoms with E-state index in [4.69, 9.17) is 20.4 Å². The molecule has 1 N–H and O–H groups in total. The van der Waals surface area contributed by atoms with E-state index in [-0.39, 0.29) is 23.1 Å². The lowest BCUT2D eigenvalue weighted by Gasteiger charge is -2.46. The van der Waals surface area contributed by atoms with Crippen LogP contribution in [0.3, 0.4) is 0 Å². The first-order valence-electron chi connectivity index (χ1n) is 11.5. The first-order valence-corrected chi connectivity index (χ1v) is 14.8. The minimum absolute atomic E-state index is 0.0884. The minimum atomic E-state index is -1.93. The van der Waals surface area contributed by atoms with Crippen LogP contribution in [0.1, 0.15) is 47.4 Å². The van der Waals surface area contributed by atoms with Crippen LogP contribution < -0.4 is 4.90 Å². The molecule has 1 fully saturated rings. The predicted molar refractivity (Wildman–Crippen MR) is 135 cm³/mol. The third kappa shape index (κ3) is 5.72. The molecule has 1 aliphatic rings. The Hall–Kier alpha value is -2.17. The van der Waals surface area contributed by atoms with Gasteiger partial charge in [0.15, 0.2) is 8.32 Å². The Morgan fingerprint density at radius 1 is 1.24 bits per heavy atom. The third-order valence-electron chi connectivity index (χ3n) is 6.82. The maximum absolute atomic E-state index is 11.7. The highest BCUT2D eigenvalue weighted by Crippen LogP contribution is 2.37. The normalized spacial score (nSPS) is 17.9. The number of anilines is 1. The molecule has 0 spiro atoms. The summed E-state index contributed by atoms with van der Waals surface area (Å²) in [6.07, 6.45) is 0.752. The summed E-state index contributed by atoms with van der Waals surface area (Å²) in [5.74, 6) is 1.36. The van der Waals surface area contributed by atoms with Gasteiger partial charge in [0, 0.05) is 25.8 Å². The van der Waals surface area contributed by atoms with Crippen LogP contribution in [-0.4, -0.2) is 65.3 Å². The Kier molecular flexibility index (Phi) is 7.36. The number of amides is 1. The number of piperazine rings is 1. The van der Waals surface area contributed by atoms with Gasteiger partial charge in [0.25, 0.3) is 0 Å². The lowest BCUT2D eigenvalue weighted by Crippen LogP contribution is -2.59. The van der Waals surface area contributed by atoms with Crippen molar-refractivity contribution in [3.05, 3.63) is 23.2 Å². The summed E-state index contributed by atoms with van der Waals surface area (Å²) in [6.45, 7) is 18.7. The lowest BCUT2D eigenvalue weighted by molar-refractivity contribution is 0.0747. The second-order valence-corrected chi connectivity index (χ2v) is 16.6. The van der Waals surface area contributed by atoms with Crippen molar-refractivity contribution in [1.29, 1.82) is 0 Å². The molecule has 2 aromatic rings. The first-order chi connectivity index (χ1) is 15.6. The van der Waals surface area contributed by atoms with Crippen LogP contribution in [0.25, 0.3) is 11.5 Å². The summed E-state index contributed by atoms with van der Waals surface area (Å²) < 4.78 is 12.0. The number of nitrogens with zero attached hydrogens (tertiary/aromatic N) is 5. The molecule has 0 bridgehead atoms.